The number of hydrogen-bond donors (Lipinski definition) is 1. The molecule has 2 rings (SSSR count). The average Bonchev–Trinajstić information content (AvgIpc) is 2.43. The van der Waals surface area contributed by atoms with Crippen molar-refractivity contribution >= 4 is 0 Å². The van der Waals surface area contributed by atoms with Crippen LogP contribution in [0.2, 0.25) is 0 Å². The second kappa shape index (κ2) is 7.12. The Morgan fingerprint density at radius 3 is 2.40 bits per heavy atom. The van der Waals surface area contributed by atoms with Gasteiger partial charge in [-0.05, 0) is 56.3 Å². The summed E-state index contributed by atoms with van der Waals surface area (Å²) in [6.07, 6.45) is 5.17. The van der Waals surface area contributed by atoms with Crippen molar-refractivity contribution in [3.05, 3.63) is 29.8 Å². The van der Waals surface area contributed by atoms with Crippen molar-refractivity contribution in [2.75, 3.05) is 19.7 Å². The Morgan fingerprint density at radius 2 is 1.85 bits per heavy atom. The highest BCUT2D eigenvalue weighted by atomic mass is 16.5. The maximum Gasteiger partial charge on any atom is 0.119 e. The van der Waals surface area contributed by atoms with Crippen LogP contribution in [-0.2, 0) is 5.41 Å². The van der Waals surface area contributed by atoms with Crippen LogP contribution in [0.5, 0.6) is 5.75 Å². The van der Waals surface area contributed by atoms with Crippen molar-refractivity contribution in [1.82, 2.24) is 5.32 Å². The molecule has 1 aliphatic rings. The number of benzene rings is 1. The maximum atomic E-state index is 5.55. The smallest absolute Gasteiger partial charge is 0.119 e. The summed E-state index contributed by atoms with van der Waals surface area (Å²) in [6.45, 7) is 9.54. The zero-order chi connectivity index (χ0) is 14.4. The summed E-state index contributed by atoms with van der Waals surface area (Å²) < 4.78 is 5.55. The van der Waals surface area contributed by atoms with Crippen LogP contribution in [0, 0.1) is 5.92 Å². The Kier molecular flexibility index (Phi) is 5.47. The summed E-state index contributed by atoms with van der Waals surface area (Å²) in [5.74, 6) is 1.89. The van der Waals surface area contributed by atoms with E-state index < -0.39 is 0 Å². The Morgan fingerprint density at radius 1 is 1.15 bits per heavy atom. The normalized spacial score (nSPS) is 25.2. The van der Waals surface area contributed by atoms with Crippen LogP contribution in [0.15, 0.2) is 24.3 Å². The van der Waals surface area contributed by atoms with Gasteiger partial charge in [-0.3, -0.25) is 0 Å². The quantitative estimate of drug-likeness (QED) is 0.720. The van der Waals surface area contributed by atoms with Crippen LogP contribution >= 0.6 is 0 Å². The lowest BCUT2D eigenvalue weighted by Gasteiger charge is -2.48. The molecule has 1 aromatic rings. The Balaban J connectivity index is 2.06. The molecule has 0 atom stereocenters. The first-order valence-electron chi connectivity index (χ1n) is 8.18. The van der Waals surface area contributed by atoms with E-state index in [-0.39, 0.29) is 0 Å². The number of rotatable bonds is 8. The molecule has 1 aromatic carbocycles. The predicted octanol–water partition coefficient (Wildman–Crippen LogP) is 4.14. The van der Waals surface area contributed by atoms with Gasteiger partial charge in [-0.1, -0.05) is 32.4 Å². The predicted molar refractivity (Wildman–Crippen MR) is 85.5 cm³/mol. The molecule has 0 spiro atoms. The second-order valence-electron chi connectivity index (χ2n) is 6.10. The van der Waals surface area contributed by atoms with E-state index in [1.54, 1.807) is 0 Å². The Bertz CT molecular complexity index is 392. The van der Waals surface area contributed by atoms with E-state index in [9.17, 15) is 0 Å². The van der Waals surface area contributed by atoms with Gasteiger partial charge in [-0.25, -0.2) is 0 Å². The largest absolute Gasteiger partial charge is 0.494 e. The zero-order valence-electron chi connectivity index (χ0n) is 13.2. The summed E-state index contributed by atoms with van der Waals surface area (Å²) in [4.78, 5) is 0. The number of ether oxygens (including phenoxy) is 1. The third-order valence-corrected chi connectivity index (χ3v) is 4.60. The fourth-order valence-corrected chi connectivity index (χ4v) is 3.39. The van der Waals surface area contributed by atoms with Crippen molar-refractivity contribution in [2.45, 2.75) is 51.9 Å². The first-order valence-corrected chi connectivity index (χ1v) is 8.18. The number of nitrogens with one attached hydrogen (secondary N) is 1. The fourth-order valence-electron chi connectivity index (χ4n) is 3.39. The zero-order valence-corrected chi connectivity index (χ0v) is 13.2. The molecule has 0 amide bonds. The van der Waals surface area contributed by atoms with Crippen molar-refractivity contribution in [1.29, 1.82) is 0 Å². The Hall–Kier alpha value is -1.02. The van der Waals surface area contributed by atoms with E-state index >= 15 is 0 Å². The molecule has 2 nitrogen and oxygen atoms in total. The molecule has 0 bridgehead atoms. The lowest BCUT2D eigenvalue weighted by Crippen LogP contribution is -2.48. The van der Waals surface area contributed by atoms with Gasteiger partial charge in [0, 0.05) is 12.0 Å². The van der Waals surface area contributed by atoms with Crippen LogP contribution < -0.4 is 10.1 Å². The van der Waals surface area contributed by atoms with Gasteiger partial charge in [0.15, 0.2) is 0 Å². The molecule has 0 aromatic heterocycles. The summed E-state index contributed by atoms with van der Waals surface area (Å²) in [5.41, 5.74) is 1.84. The lowest BCUT2D eigenvalue weighted by molar-refractivity contribution is 0.134. The second-order valence-corrected chi connectivity index (χ2v) is 6.10. The van der Waals surface area contributed by atoms with E-state index in [0.717, 1.165) is 31.4 Å². The summed E-state index contributed by atoms with van der Waals surface area (Å²) in [7, 11) is 0. The first-order chi connectivity index (χ1) is 9.74. The molecular weight excluding hydrogens is 246 g/mol. The molecule has 1 fully saturated rings. The topological polar surface area (TPSA) is 21.3 Å². The minimum absolute atomic E-state index is 0.362. The van der Waals surface area contributed by atoms with E-state index in [1.807, 2.05) is 6.92 Å². The van der Waals surface area contributed by atoms with Crippen LogP contribution in [0.4, 0.5) is 0 Å². The standard InChI is InChI=1S/C18H29NO/c1-4-11-19-14-18(12-15(5-2)13-18)16-7-9-17(10-8-16)20-6-3/h7-10,15,19H,4-6,11-14H2,1-3H3. The lowest BCUT2D eigenvalue weighted by atomic mass is 9.58. The molecule has 1 saturated carbocycles. The molecule has 0 unspecified atom stereocenters. The SMILES string of the molecule is CCCNCC1(c2ccc(OCC)cc2)CC(CC)C1. The molecule has 20 heavy (non-hydrogen) atoms. The van der Waals surface area contributed by atoms with Gasteiger partial charge in [0.2, 0.25) is 0 Å². The van der Waals surface area contributed by atoms with Crippen molar-refractivity contribution in [3.8, 4) is 5.75 Å². The van der Waals surface area contributed by atoms with Gasteiger partial charge in [0.05, 0.1) is 6.61 Å². The van der Waals surface area contributed by atoms with Gasteiger partial charge in [0.1, 0.15) is 5.75 Å². The molecular formula is C18H29NO. The molecule has 1 aliphatic carbocycles. The van der Waals surface area contributed by atoms with Crippen LogP contribution in [-0.4, -0.2) is 19.7 Å². The average molecular weight is 275 g/mol. The number of hydrogen-bond acceptors (Lipinski definition) is 2. The minimum atomic E-state index is 0.362. The van der Waals surface area contributed by atoms with Crippen LogP contribution in [0.25, 0.3) is 0 Å². The summed E-state index contributed by atoms with van der Waals surface area (Å²) in [5, 5.41) is 3.63. The third kappa shape index (κ3) is 3.35. The highest BCUT2D eigenvalue weighted by Gasteiger charge is 2.44. The van der Waals surface area contributed by atoms with Crippen LogP contribution in [0.3, 0.4) is 0 Å². The molecule has 0 aliphatic heterocycles. The monoisotopic (exact) mass is 275 g/mol. The Labute approximate surface area is 123 Å². The van der Waals surface area contributed by atoms with Gasteiger partial charge in [-0.15, -0.1) is 0 Å². The van der Waals surface area contributed by atoms with Crippen molar-refractivity contribution in [3.63, 3.8) is 0 Å². The van der Waals surface area contributed by atoms with Crippen LogP contribution in [0.1, 0.15) is 52.0 Å². The molecule has 0 saturated heterocycles. The van der Waals surface area contributed by atoms with Gasteiger partial charge in [-0.2, -0.15) is 0 Å². The van der Waals surface area contributed by atoms with Gasteiger partial charge >= 0.3 is 0 Å². The molecule has 1 N–H and O–H groups in total. The van der Waals surface area contributed by atoms with Crippen molar-refractivity contribution < 1.29 is 4.74 Å². The molecule has 112 valence electrons. The molecule has 0 heterocycles. The molecule has 2 heteroatoms. The summed E-state index contributed by atoms with van der Waals surface area (Å²) >= 11 is 0. The highest BCUT2D eigenvalue weighted by Crippen LogP contribution is 2.49. The fraction of sp³-hybridized carbons (Fsp3) is 0.667. The van der Waals surface area contributed by atoms with E-state index in [1.165, 1.54) is 31.2 Å². The first kappa shape index (κ1) is 15.4. The highest BCUT2D eigenvalue weighted by molar-refractivity contribution is 5.35. The van der Waals surface area contributed by atoms with Gasteiger partial charge in [0.25, 0.3) is 0 Å². The van der Waals surface area contributed by atoms with Gasteiger partial charge < -0.3 is 10.1 Å². The minimum Gasteiger partial charge on any atom is -0.494 e. The van der Waals surface area contributed by atoms with E-state index in [4.69, 9.17) is 4.74 Å². The maximum absolute atomic E-state index is 5.55. The van der Waals surface area contributed by atoms with E-state index in [2.05, 4.69) is 43.4 Å². The third-order valence-electron chi connectivity index (χ3n) is 4.60. The van der Waals surface area contributed by atoms with E-state index in [0.29, 0.717) is 5.41 Å². The summed E-state index contributed by atoms with van der Waals surface area (Å²) in [6, 6.07) is 8.79. The van der Waals surface area contributed by atoms with Crippen molar-refractivity contribution in [2.24, 2.45) is 5.92 Å². The molecule has 0 radical (unpaired) electrons.